The number of hydrogen-bond acceptors (Lipinski definition) is 6. The summed E-state index contributed by atoms with van der Waals surface area (Å²) in [5.74, 6) is -0.197. The van der Waals surface area contributed by atoms with Crippen LogP contribution in [-0.4, -0.2) is 30.3 Å². The average molecular weight is 495 g/mol. The van der Waals surface area contributed by atoms with E-state index >= 15 is 0 Å². The Kier molecular flexibility index (Phi) is 6.90. The number of furan rings is 1. The normalized spacial score (nSPS) is 11.8. The van der Waals surface area contributed by atoms with Crippen molar-refractivity contribution < 1.29 is 22.4 Å². The molecule has 0 unspecified atom stereocenters. The number of esters is 1. The zero-order valence-electron chi connectivity index (χ0n) is 19.7. The average Bonchev–Trinajstić information content (AvgIpc) is 3.35. The third-order valence-corrected chi connectivity index (χ3v) is 7.66. The number of benzene rings is 2. The van der Waals surface area contributed by atoms with E-state index in [4.69, 9.17) is 9.15 Å². The molecule has 0 saturated carbocycles. The van der Waals surface area contributed by atoms with E-state index in [0.29, 0.717) is 5.76 Å². The van der Waals surface area contributed by atoms with E-state index in [-0.39, 0.29) is 41.3 Å². The van der Waals surface area contributed by atoms with Gasteiger partial charge >= 0.3 is 5.97 Å². The van der Waals surface area contributed by atoms with Gasteiger partial charge in [0, 0.05) is 12.1 Å². The van der Waals surface area contributed by atoms with Crippen LogP contribution in [0.2, 0.25) is 0 Å². The molecule has 0 spiro atoms. The monoisotopic (exact) mass is 494 g/mol. The van der Waals surface area contributed by atoms with Gasteiger partial charge in [-0.1, -0.05) is 18.2 Å². The number of nitrogens with one attached hydrogen (secondary N) is 1. The van der Waals surface area contributed by atoms with E-state index in [2.05, 4.69) is 4.98 Å². The molecule has 4 rings (SSSR count). The largest absolute Gasteiger partial charge is 0.468 e. The Bertz CT molecular complexity index is 1540. The first-order chi connectivity index (χ1) is 16.7. The molecule has 0 fully saturated rings. The SMILES string of the molecule is CCOC(=O)c1cccc(S(=O)(=O)N(Cc2ccco2)Cc2cc3ccc(C)c(C)c3[nH]c2=O)c1. The summed E-state index contributed by atoms with van der Waals surface area (Å²) >= 11 is 0. The molecular weight excluding hydrogens is 468 g/mol. The Morgan fingerprint density at radius 2 is 1.86 bits per heavy atom. The van der Waals surface area contributed by atoms with E-state index in [9.17, 15) is 18.0 Å². The van der Waals surface area contributed by atoms with Gasteiger partial charge in [0.1, 0.15) is 5.76 Å². The highest BCUT2D eigenvalue weighted by Gasteiger charge is 2.28. The number of aromatic nitrogens is 1. The van der Waals surface area contributed by atoms with Crippen LogP contribution in [-0.2, 0) is 27.8 Å². The van der Waals surface area contributed by atoms with E-state index in [1.165, 1.54) is 30.5 Å². The highest BCUT2D eigenvalue weighted by molar-refractivity contribution is 7.89. The van der Waals surface area contributed by atoms with Gasteiger partial charge in [-0.2, -0.15) is 4.31 Å². The van der Waals surface area contributed by atoms with Crippen LogP contribution in [0.3, 0.4) is 0 Å². The van der Waals surface area contributed by atoms with Crippen LogP contribution >= 0.6 is 0 Å². The van der Waals surface area contributed by atoms with Crippen molar-refractivity contribution in [2.75, 3.05) is 6.61 Å². The topological polar surface area (TPSA) is 110 Å². The van der Waals surface area contributed by atoms with Crippen molar-refractivity contribution in [3.05, 3.63) is 99.2 Å². The molecule has 2 aromatic carbocycles. The molecule has 35 heavy (non-hydrogen) atoms. The summed E-state index contributed by atoms with van der Waals surface area (Å²) in [6.45, 7) is 5.45. The number of sulfonamides is 1. The maximum absolute atomic E-state index is 13.7. The van der Waals surface area contributed by atoms with Gasteiger partial charge in [0.25, 0.3) is 5.56 Å². The lowest BCUT2D eigenvalue weighted by Crippen LogP contribution is -2.32. The minimum atomic E-state index is -4.12. The quantitative estimate of drug-likeness (QED) is 0.366. The number of H-pyrrole nitrogens is 1. The molecule has 0 bridgehead atoms. The molecule has 1 N–H and O–H groups in total. The first-order valence-corrected chi connectivity index (χ1v) is 12.6. The molecule has 0 amide bonds. The summed E-state index contributed by atoms with van der Waals surface area (Å²) < 4.78 is 38.9. The number of pyridine rings is 1. The van der Waals surface area contributed by atoms with Gasteiger partial charge in [0.2, 0.25) is 10.0 Å². The molecule has 0 aliphatic rings. The highest BCUT2D eigenvalue weighted by Crippen LogP contribution is 2.24. The Morgan fingerprint density at radius 1 is 1.06 bits per heavy atom. The third-order valence-electron chi connectivity index (χ3n) is 5.87. The van der Waals surface area contributed by atoms with Gasteiger partial charge in [-0.3, -0.25) is 4.79 Å². The predicted octanol–water partition coefficient (Wildman–Crippen LogP) is 4.31. The summed E-state index contributed by atoms with van der Waals surface area (Å²) in [6.07, 6.45) is 1.45. The standard InChI is InChI=1S/C26H26N2O6S/c1-4-33-26(30)20-7-5-9-23(14-20)35(31,32)28(16-22-8-6-12-34-22)15-21-13-19-11-10-17(2)18(3)24(19)27-25(21)29/h5-14H,4,15-16H2,1-3H3,(H,27,29). The van der Waals surface area contributed by atoms with Gasteiger partial charge in [-0.25, -0.2) is 13.2 Å². The number of nitrogens with zero attached hydrogens (tertiary/aromatic N) is 1. The fraction of sp³-hybridized carbons (Fsp3) is 0.231. The van der Waals surface area contributed by atoms with Crippen LogP contribution in [0.4, 0.5) is 0 Å². The Balaban J connectivity index is 1.76. The fourth-order valence-electron chi connectivity index (χ4n) is 3.83. The number of ether oxygens (including phenoxy) is 1. The first kappa shape index (κ1) is 24.4. The van der Waals surface area contributed by atoms with Crippen LogP contribution in [0.5, 0.6) is 0 Å². The van der Waals surface area contributed by atoms with Gasteiger partial charge in [0.05, 0.1) is 35.4 Å². The van der Waals surface area contributed by atoms with Crippen molar-refractivity contribution in [3.63, 3.8) is 0 Å². The molecule has 8 nitrogen and oxygen atoms in total. The zero-order chi connectivity index (χ0) is 25.2. The molecule has 2 heterocycles. The number of carbonyl (C=O) groups excluding carboxylic acids is 1. The van der Waals surface area contributed by atoms with Crippen molar-refractivity contribution in [2.45, 2.75) is 38.8 Å². The van der Waals surface area contributed by atoms with Crippen LogP contribution in [0.25, 0.3) is 10.9 Å². The Morgan fingerprint density at radius 3 is 2.57 bits per heavy atom. The van der Waals surface area contributed by atoms with Crippen molar-refractivity contribution in [1.82, 2.24) is 9.29 Å². The predicted molar refractivity (Wildman–Crippen MR) is 132 cm³/mol. The summed E-state index contributed by atoms with van der Waals surface area (Å²) in [5, 5.41) is 0.808. The van der Waals surface area contributed by atoms with Gasteiger partial charge in [-0.05, 0) is 73.7 Å². The molecular formula is C26H26N2O6S. The van der Waals surface area contributed by atoms with Crippen LogP contribution in [0.15, 0.2) is 75.0 Å². The molecule has 0 aliphatic heterocycles. The maximum Gasteiger partial charge on any atom is 0.338 e. The first-order valence-electron chi connectivity index (χ1n) is 11.1. The highest BCUT2D eigenvalue weighted by atomic mass is 32.2. The van der Waals surface area contributed by atoms with E-state index in [1.807, 2.05) is 26.0 Å². The number of aromatic amines is 1. The Labute approximate surface area is 203 Å². The van der Waals surface area contributed by atoms with E-state index in [1.54, 1.807) is 25.1 Å². The van der Waals surface area contributed by atoms with E-state index < -0.39 is 16.0 Å². The molecule has 2 aromatic heterocycles. The third kappa shape index (κ3) is 5.06. The molecule has 0 aliphatic carbocycles. The smallest absolute Gasteiger partial charge is 0.338 e. The van der Waals surface area contributed by atoms with Crippen LogP contribution < -0.4 is 5.56 Å². The van der Waals surface area contributed by atoms with Crippen molar-refractivity contribution in [3.8, 4) is 0 Å². The lowest BCUT2D eigenvalue weighted by Gasteiger charge is -2.22. The van der Waals surface area contributed by atoms with Crippen LogP contribution in [0.1, 0.15) is 39.7 Å². The van der Waals surface area contributed by atoms with Crippen molar-refractivity contribution in [2.24, 2.45) is 0 Å². The maximum atomic E-state index is 13.7. The summed E-state index contributed by atoms with van der Waals surface area (Å²) in [5.41, 5.74) is 2.77. The Hall–Kier alpha value is -3.69. The van der Waals surface area contributed by atoms with Gasteiger partial charge < -0.3 is 14.1 Å². The molecule has 0 atom stereocenters. The molecule has 182 valence electrons. The number of hydrogen-bond donors (Lipinski definition) is 1. The fourth-order valence-corrected chi connectivity index (χ4v) is 5.26. The molecule has 4 aromatic rings. The summed E-state index contributed by atoms with van der Waals surface area (Å²) in [7, 11) is -4.12. The molecule has 0 saturated heterocycles. The van der Waals surface area contributed by atoms with Crippen molar-refractivity contribution >= 4 is 26.9 Å². The second kappa shape index (κ2) is 9.89. The number of aryl methyl sites for hydroxylation is 2. The van der Waals surface area contributed by atoms with Crippen LogP contribution in [0, 0.1) is 13.8 Å². The summed E-state index contributed by atoms with van der Waals surface area (Å²) in [4.78, 5) is 27.9. The molecule has 9 heteroatoms. The van der Waals surface area contributed by atoms with Crippen molar-refractivity contribution in [1.29, 1.82) is 0 Å². The number of carbonyl (C=O) groups is 1. The number of rotatable bonds is 8. The van der Waals surface area contributed by atoms with Gasteiger partial charge in [-0.15, -0.1) is 0 Å². The zero-order valence-corrected chi connectivity index (χ0v) is 20.5. The van der Waals surface area contributed by atoms with Gasteiger partial charge in [0.15, 0.2) is 0 Å². The minimum Gasteiger partial charge on any atom is -0.468 e. The number of fused-ring (bicyclic) bond motifs is 1. The van der Waals surface area contributed by atoms with E-state index in [0.717, 1.165) is 26.3 Å². The minimum absolute atomic E-state index is 0.0849. The second-order valence-corrected chi connectivity index (χ2v) is 10.1. The second-order valence-electron chi connectivity index (χ2n) is 8.20. The summed E-state index contributed by atoms with van der Waals surface area (Å²) in [6, 6.07) is 14.5. The lowest BCUT2D eigenvalue weighted by molar-refractivity contribution is 0.0526. The molecule has 0 radical (unpaired) electrons. The lowest BCUT2D eigenvalue weighted by atomic mass is 10.0.